The van der Waals surface area contributed by atoms with Crippen molar-refractivity contribution in [1.82, 2.24) is 9.97 Å². The summed E-state index contributed by atoms with van der Waals surface area (Å²) >= 11 is 0. The number of anilines is 2. The zero-order valence-electron chi connectivity index (χ0n) is 9.37. The molecular weight excluding hydrogens is 224 g/mol. The van der Waals surface area contributed by atoms with Gasteiger partial charge < -0.3 is 26.0 Å². The highest BCUT2D eigenvalue weighted by Gasteiger charge is 2.25. The fraction of sp³-hybridized carbons (Fsp3) is 0.600. The number of hydrogen-bond acceptors (Lipinski definition) is 7. The van der Waals surface area contributed by atoms with Crippen LogP contribution in [0, 0.1) is 0 Å². The molecule has 0 spiro atoms. The van der Waals surface area contributed by atoms with E-state index >= 15 is 0 Å². The summed E-state index contributed by atoms with van der Waals surface area (Å²) in [5, 5.41) is 8.92. The Kier molecular flexibility index (Phi) is 3.60. The normalized spacial score (nSPS) is 23.8. The van der Waals surface area contributed by atoms with Crippen LogP contribution in [0.2, 0.25) is 0 Å². The summed E-state index contributed by atoms with van der Waals surface area (Å²) in [7, 11) is 0. The van der Waals surface area contributed by atoms with Crippen molar-refractivity contribution < 1.29 is 14.6 Å². The molecule has 17 heavy (non-hydrogen) atoms. The number of aliphatic hydroxyl groups is 1. The number of ether oxygens (including phenoxy) is 2. The van der Waals surface area contributed by atoms with Crippen molar-refractivity contribution in [2.75, 3.05) is 24.7 Å². The lowest BCUT2D eigenvalue weighted by Gasteiger charge is -2.13. The van der Waals surface area contributed by atoms with E-state index in [9.17, 15) is 0 Å². The first-order chi connectivity index (χ1) is 8.17. The second-order valence-electron chi connectivity index (χ2n) is 3.94. The van der Waals surface area contributed by atoms with Crippen LogP contribution in [0.4, 0.5) is 11.8 Å². The van der Waals surface area contributed by atoms with Crippen LogP contribution in [0.15, 0.2) is 6.07 Å². The van der Waals surface area contributed by atoms with Crippen LogP contribution < -0.4 is 16.2 Å². The molecule has 0 aromatic carbocycles. The van der Waals surface area contributed by atoms with E-state index in [1.165, 1.54) is 6.07 Å². The van der Waals surface area contributed by atoms with Gasteiger partial charge in [0, 0.05) is 6.07 Å². The third-order valence-corrected chi connectivity index (χ3v) is 2.56. The summed E-state index contributed by atoms with van der Waals surface area (Å²) in [6.07, 6.45) is 1.61. The molecule has 1 saturated heterocycles. The van der Waals surface area contributed by atoms with Gasteiger partial charge in [0.2, 0.25) is 11.8 Å². The number of nitrogens with two attached hydrogens (primary N) is 2. The van der Waals surface area contributed by atoms with E-state index in [1.54, 1.807) is 0 Å². The van der Waals surface area contributed by atoms with Gasteiger partial charge in [0.25, 0.3) is 0 Å². The minimum absolute atomic E-state index is 0.0236. The smallest absolute Gasteiger partial charge is 0.225 e. The van der Waals surface area contributed by atoms with Gasteiger partial charge in [0.1, 0.15) is 12.4 Å². The van der Waals surface area contributed by atoms with Crippen molar-refractivity contribution in [3.05, 3.63) is 6.07 Å². The monoisotopic (exact) mass is 240 g/mol. The Morgan fingerprint density at radius 3 is 2.76 bits per heavy atom. The van der Waals surface area contributed by atoms with Crippen LogP contribution in [0.5, 0.6) is 5.88 Å². The van der Waals surface area contributed by atoms with Crippen molar-refractivity contribution in [2.24, 2.45) is 0 Å². The topological polar surface area (TPSA) is 117 Å². The van der Waals surface area contributed by atoms with Crippen molar-refractivity contribution in [2.45, 2.75) is 25.0 Å². The maximum absolute atomic E-state index is 8.92. The van der Waals surface area contributed by atoms with E-state index in [2.05, 4.69) is 9.97 Å². The van der Waals surface area contributed by atoms with Crippen LogP contribution in [-0.4, -0.2) is 40.5 Å². The second-order valence-corrected chi connectivity index (χ2v) is 3.94. The van der Waals surface area contributed by atoms with Gasteiger partial charge >= 0.3 is 0 Å². The molecular formula is C10H16N4O3. The zero-order valence-corrected chi connectivity index (χ0v) is 9.37. The molecule has 7 heteroatoms. The molecule has 1 aliphatic heterocycles. The molecule has 1 aromatic heterocycles. The van der Waals surface area contributed by atoms with E-state index in [1.807, 2.05) is 0 Å². The second kappa shape index (κ2) is 5.15. The Hall–Kier alpha value is -1.60. The first-order valence-corrected chi connectivity index (χ1v) is 5.46. The highest BCUT2D eigenvalue weighted by Crippen LogP contribution is 2.20. The molecule has 2 heterocycles. The van der Waals surface area contributed by atoms with Gasteiger partial charge in [-0.2, -0.15) is 9.97 Å². The van der Waals surface area contributed by atoms with Gasteiger partial charge in [-0.3, -0.25) is 0 Å². The van der Waals surface area contributed by atoms with Crippen LogP contribution in [0.1, 0.15) is 12.8 Å². The summed E-state index contributed by atoms with van der Waals surface area (Å²) in [6, 6.07) is 1.51. The number of nitrogens with zero attached hydrogens (tertiary/aromatic N) is 2. The van der Waals surface area contributed by atoms with Crippen molar-refractivity contribution in [1.29, 1.82) is 0 Å². The quantitative estimate of drug-likeness (QED) is 0.653. The van der Waals surface area contributed by atoms with Crippen LogP contribution >= 0.6 is 0 Å². The molecule has 0 bridgehead atoms. The Bertz CT molecular complexity index is 368. The van der Waals surface area contributed by atoms with Crippen molar-refractivity contribution >= 4 is 11.8 Å². The highest BCUT2D eigenvalue weighted by atomic mass is 16.6. The van der Waals surface area contributed by atoms with E-state index < -0.39 is 0 Å². The molecule has 2 rings (SSSR count). The molecule has 1 aromatic rings. The summed E-state index contributed by atoms with van der Waals surface area (Å²) in [5.74, 6) is 0.694. The van der Waals surface area contributed by atoms with Crippen molar-refractivity contribution in [3.8, 4) is 5.88 Å². The van der Waals surface area contributed by atoms with Gasteiger partial charge in [-0.15, -0.1) is 0 Å². The van der Waals surface area contributed by atoms with E-state index in [4.69, 9.17) is 26.0 Å². The molecule has 94 valence electrons. The molecule has 0 saturated carbocycles. The molecule has 5 N–H and O–H groups in total. The molecule has 7 nitrogen and oxygen atoms in total. The first kappa shape index (κ1) is 11.9. The predicted octanol–water partition coefficient (Wildman–Crippen LogP) is -0.440. The number of hydrogen-bond donors (Lipinski definition) is 3. The van der Waals surface area contributed by atoms with Gasteiger partial charge in [-0.05, 0) is 12.8 Å². The molecule has 1 fully saturated rings. The van der Waals surface area contributed by atoms with E-state index in [0.29, 0.717) is 12.5 Å². The SMILES string of the molecule is Nc1cc(OC[C@H]2CC[C@@H](CO)O2)nc(N)n1. The molecule has 1 aliphatic rings. The lowest BCUT2D eigenvalue weighted by Crippen LogP contribution is -2.20. The van der Waals surface area contributed by atoms with Gasteiger partial charge in [-0.1, -0.05) is 0 Å². The summed E-state index contributed by atoms with van der Waals surface area (Å²) < 4.78 is 10.9. The number of nitrogen functional groups attached to an aromatic ring is 2. The maximum Gasteiger partial charge on any atom is 0.225 e. The number of rotatable bonds is 4. The van der Waals surface area contributed by atoms with Crippen molar-refractivity contribution in [3.63, 3.8) is 0 Å². The Morgan fingerprint density at radius 1 is 1.35 bits per heavy atom. The molecule has 0 amide bonds. The predicted molar refractivity (Wildman–Crippen MR) is 61.3 cm³/mol. The lowest BCUT2D eigenvalue weighted by molar-refractivity contribution is -0.00786. The fourth-order valence-electron chi connectivity index (χ4n) is 1.75. The third-order valence-electron chi connectivity index (χ3n) is 2.56. The Balaban J connectivity index is 1.85. The summed E-state index contributed by atoms with van der Waals surface area (Å²) in [4.78, 5) is 7.63. The highest BCUT2D eigenvalue weighted by molar-refractivity contribution is 5.38. The minimum atomic E-state index is -0.0795. The maximum atomic E-state index is 8.92. The minimum Gasteiger partial charge on any atom is -0.475 e. The Morgan fingerprint density at radius 2 is 2.12 bits per heavy atom. The van der Waals surface area contributed by atoms with Gasteiger partial charge in [0.05, 0.1) is 18.8 Å². The molecule has 0 aliphatic carbocycles. The molecule has 0 radical (unpaired) electrons. The van der Waals surface area contributed by atoms with E-state index in [-0.39, 0.29) is 30.6 Å². The lowest BCUT2D eigenvalue weighted by atomic mass is 10.2. The largest absolute Gasteiger partial charge is 0.475 e. The number of aromatic nitrogens is 2. The Labute approximate surface area is 98.8 Å². The van der Waals surface area contributed by atoms with Crippen LogP contribution in [0.3, 0.4) is 0 Å². The summed E-state index contributed by atoms with van der Waals surface area (Å²) in [5.41, 5.74) is 11.0. The molecule has 0 unspecified atom stereocenters. The van der Waals surface area contributed by atoms with Crippen LogP contribution in [0.25, 0.3) is 0 Å². The summed E-state index contributed by atoms with van der Waals surface area (Å²) in [6.45, 7) is 0.413. The van der Waals surface area contributed by atoms with Gasteiger partial charge in [-0.25, -0.2) is 0 Å². The van der Waals surface area contributed by atoms with E-state index in [0.717, 1.165) is 12.8 Å². The van der Waals surface area contributed by atoms with Crippen LogP contribution in [-0.2, 0) is 4.74 Å². The fourth-order valence-corrected chi connectivity index (χ4v) is 1.75. The average molecular weight is 240 g/mol. The number of aliphatic hydroxyl groups excluding tert-OH is 1. The first-order valence-electron chi connectivity index (χ1n) is 5.46. The van der Waals surface area contributed by atoms with Gasteiger partial charge in [0.15, 0.2) is 0 Å². The third kappa shape index (κ3) is 3.18. The average Bonchev–Trinajstić information content (AvgIpc) is 2.73. The zero-order chi connectivity index (χ0) is 12.3. The molecule has 2 atom stereocenters. The standard InChI is InChI=1S/C10H16N4O3/c11-8-3-9(14-10(12)13-8)16-5-7-2-1-6(4-15)17-7/h3,6-7,15H,1-2,4-5H2,(H4,11,12,13,14)/t6-,7+/m0/s1.